The Hall–Kier alpha value is -0.120. The van der Waals surface area contributed by atoms with Gasteiger partial charge >= 0.3 is 0 Å². The highest BCUT2D eigenvalue weighted by molar-refractivity contribution is 4.92. The Morgan fingerprint density at radius 1 is 1.29 bits per heavy atom. The molecule has 3 atom stereocenters. The molecular formula is C11H20O3. The summed E-state index contributed by atoms with van der Waals surface area (Å²) in [5.74, 6) is 0.203. The van der Waals surface area contributed by atoms with Gasteiger partial charge in [0.15, 0.2) is 5.79 Å². The molecule has 2 fully saturated rings. The van der Waals surface area contributed by atoms with Crippen LogP contribution in [0.4, 0.5) is 0 Å². The summed E-state index contributed by atoms with van der Waals surface area (Å²) in [6, 6.07) is 0. The molecule has 2 saturated heterocycles. The third kappa shape index (κ3) is 2.27. The van der Waals surface area contributed by atoms with Crippen molar-refractivity contribution in [2.75, 3.05) is 6.61 Å². The average molecular weight is 200 g/mol. The van der Waals surface area contributed by atoms with Crippen LogP contribution < -0.4 is 0 Å². The second-order valence-corrected chi connectivity index (χ2v) is 5.14. The first-order valence-electron chi connectivity index (χ1n) is 5.45. The number of hydrogen-bond donors (Lipinski definition) is 0. The SMILES string of the molecule is CC(C)C[C@@H]1OC(C)(C)O[C@@H]1[C@@H]1CO1. The number of epoxide rings is 1. The number of ether oxygens (including phenoxy) is 3. The molecular weight excluding hydrogens is 180 g/mol. The van der Waals surface area contributed by atoms with Crippen LogP contribution >= 0.6 is 0 Å². The summed E-state index contributed by atoms with van der Waals surface area (Å²) >= 11 is 0. The van der Waals surface area contributed by atoms with Crippen LogP contribution in [-0.4, -0.2) is 30.7 Å². The summed E-state index contributed by atoms with van der Waals surface area (Å²) in [7, 11) is 0. The van der Waals surface area contributed by atoms with E-state index in [9.17, 15) is 0 Å². The van der Waals surface area contributed by atoms with Crippen LogP contribution in [0.3, 0.4) is 0 Å². The number of hydrogen-bond acceptors (Lipinski definition) is 3. The van der Waals surface area contributed by atoms with Crippen LogP contribution in [0.15, 0.2) is 0 Å². The van der Waals surface area contributed by atoms with Crippen LogP contribution in [0.25, 0.3) is 0 Å². The van der Waals surface area contributed by atoms with Crippen LogP contribution in [0, 0.1) is 5.92 Å². The zero-order valence-electron chi connectivity index (χ0n) is 9.45. The molecule has 0 radical (unpaired) electrons. The predicted molar refractivity (Wildman–Crippen MR) is 53.0 cm³/mol. The molecule has 2 rings (SSSR count). The van der Waals surface area contributed by atoms with Crippen molar-refractivity contribution in [1.82, 2.24) is 0 Å². The Balaban J connectivity index is 1.98. The maximum atomic E-state index is 5.87. The van der Waals surface area contributed by atoms with Gasteiger partial charge in [0, 0.05) is 0 Å². The molecule has 2 aliphatic heterocycles. The van der Waals surface area contributed by atoms with E-state index in [2.05, 4.69) is 13.8 Å². The fourth-order valence-electron chi connectivity index (χ4n) is 2.07. The largest absolute Gasteiger partial charge is 0.370 e. The van der Waals surface area contributed by atoms with Crippen molar-refractivity contribution in [3.63, 3.8) is 0 Å². The van der Waals surface area contributed by atoms with E-state index in [-0.39, 0.29) is 18.3 Å². The Morgan fingerprint density at radius 2 is 1.93 bits per heavy atom. The van der Waals surface area contributed by atoms with Crippen molar-refractivity contribution < 1.29 is 14.2 Å². The Morgan fingerprint density at radius 3 is 2.43 bits per heavy atom. The third-order valence-corrected chi connectivity index (χ3v) is 2.65. The fourth-order valence-corrected chi connectivity index (χ4v) is 2.07. The fraction of sp³-hybridized carbons (Fsp3) is 1.00. The van der Waals surface area contributed by atoms with Gasteiger partial charge in [-0.2, -0.15) is 0 Å². The first-order valence-corrected chi connectivity index (χ1v) is 5.45. The van der Waals surface area contributed by atoms with Gasteiger partial charge in [-0.05, 0) is 26.2 Å². The molecule has 2 aliphatic rings. The molecule has 0 N–H and O–H groups in total. The van der Waals surface area contributed by atoms with E-state index in [1.807, 2.05) is 13.8 Å². The summed E-state index contributed by atoms with van der Waals surface area (Å²) in [4.78, 5) is 0. The van der Waals surface area contributed by atoms with Crippen molar-refractivity contribution in [2.45, 2.75) is 58.2 Å². The first-order chi connectivity index (χ1) is 6.48. The van der Waals surface area contributed by atoms with Gasteiger partial charge in [-0.25, -0.2) is 0 Å². The van der Waals surface area contributed by atoms with Crippen molar-refractivity contribution in [1.29, 1.82) is 0 Å². The molecule has 0 aliphatic carbocycles. The lowest BCUT2D eigenvalue weighted by Crippen LogP contribution is -2.29. The van der Waals surface area contributed by atoms with Gasteiger partial charge in [0.2, 0.25) is 0 Å². The second kappa shape index (κ2) is 3.47. The van der Waals surface area contributed by atoms with Crippen LogP contribution in [0.2, 0.25) is 0 Å². The minimum absolute atomic E-state index is 0.146. The summed E-state index contributed by atoms with van der Waals surface area (Å²) in [5.41, 5.74) is 0. The van der Waals surface area contributed by atoms with E-state index in [1.54, 1.807) is 0 Å². The van der Waals surface area contributed by atoms with Gasteiger partial charge in [-0.3, -0.25) is 0 Å². The van der Waals surface area contributed by atoms with Crippen LogP contribution in [0.5, 0.6) is 0 Å². The Labute approximate surface area is 85.7 Å². The smallest absolute Gasteiger partial charge is 0.163 e. The maximum Gasteiger partial charge on any atom is 0.163 e. The summed E-state index contributed by atoms with van der Waals surface area (Å²) in [5, 5.41) is 0. The molecule has 0 amide bonds. The van der Waals surface area contributed by atoms with Crippen LogP contribution in [0.1, 0.15) is 34.1 Å². The molecule has 0 spiro atoms. The molecule has 3 heteroatoms. The van der Waals surface area contributed by atoms with Gasteiger partial charge in [0.25, 0.3) is 0 Å². The summed E-state index contributed by atoms with van der Waals surface area (Å²) in [6.45, 7) is 9.20. The highest BCUT2D eigenvalue weighted by Gasteiger charge is 2.49. The first kappa shape index (κ1) is 10.4. The van der Waals surface area contributed by atoms with E-state index in [0.717, 1.165) is 13.0 Å². The molecule has 0 aromatic heterocycles. The zero-order chi connectivity index (χ0) is 10.3. The van der Waals surface area contributed by atoms with Gasteiger partial charge in [-0.1, -0.05) is 13.8 Å². The molecule has 2 heterocycles. The van der Waals surface area contributed by atoms with Gasteiger partial charge in [0.1, 0.15) is 12.2 Å². The minimum atomic E-state index is -0.434. The molecule has 0 saturated carbocycles. The summed E-state index contributed by atoms with van der Waals surface area (Å²) < 4.78 is 17.0. The highest BCUT2D eigenvalue weighted by Crippen LogP contribution is 2.36. The van der Waals surface area contributed by atoms with E-state index in [4.69, 9.17) is 14.2 Å². The van der Waals surface area contributed by atoms with Crippen molar-refractivity contribution in [2.24, 2.45) is 5.92 Å². The van der Waals surface area contributed by atoms with Gasteiger partial charge < -0.3 is 14.2 Å². The molecule has 0 bridgehead atoms. The standard InChI is InChI=1S/C11H20O3/c1-7(2)5-8-10(9-6-12-9)14-11(3,4)13-8/h7-10H,5-6H2,1-4H3/t8-,9-,10-/m0/s1. The van der Waals surface area contributed by atoms with Crippen molar-refractivity contribution >= 4 is 0 Å². The van der Waals surface area contributed by atoms with E-state index < -0.39 is 5.79 Å². The summed E-state index contributed by atoms with van der Waals surface area (Å²) in [6.07, 6.45) is 1.68. The number of rotatable bonds is 3. The Kier molecular flexibility index (Phi) is 2.58. The van der Waals surface area contributed by atoms with E-state index >= 15 is 0 Å². The maximum absolute atomic E-state index is 5.87. The Bertz CT molecular complexity index is 209. The van der Waals surface area contributed by atoms with Crippen molar-refractivity contribution in [3.8, 4) is 0 Å². The monoisotopic (exact) mass is 200 g/mol. The lowest BCUT2D eigenvalue weighted by molar-refractivity contribution is -0.148. The van der Waals surface area contributed by atoms with Crippen LogP contribution in [-0.2, 0) is 14.2 Å². The van der Waals surface area contributed by atoms with Gasteiger partial charge in [0.05, 0.1) is 12.7 Å². The highest BCUT2D eigenvalue weighted by atomic mass is 16.8. The van der Waals surface area contributed by atoms with Crippen molar-refractivity contribution in [3.05, 3.63) is 0 Å². The second-order valence-electron chi connectivity index (χ2n) is 5.14. The molecule has 14 heavy (non-hydrogen) atoms. The average Bonchev–Trinajstić information content (AvgIpc) is 2.76. The molecule has 0 unspecified atom stereocenters. The third-order valence-electron chi connectivity index (χ3n) is 2.65. The topological polar surface area (TPSA) is 31.0 Å². The zero-order valence-corrected chi connectivity index (χ0v) is 9.45. The van der Waals surface area contributed by atoms with Gasteiger partial charge in [-0.15, -0.1) is 0 Å². The lowest BCUT2D eigenvalue weighted by Gasteiger charge is -2.17. The lowest BCUT2D eigenvalue weighted by atomic mass is 10.0. The molecule has 0 aromatic carbocycles. The minimum Gasteiger partial charge on any atom is -0.370 e. The predicted octanol–water partition coefficient (Wildman–Crippen LogP) is 1.95. The molecule has 82 valence electrons. The molecule has 3 nitrogen and oxygen atoms in total. The quantitative estimate of drug-likeness (QED) is 0.652. The normalized spacial score (nSPS) is 40.5. The van der Waals surface area contributed by atoms with E-state index in [0.29, 0.717) is 5.92 Å². The molecule has 0 aromatic rings. The van der Waals surface area contributed by atoms with E-state index in [1.165, 1.54) is 0 Å².